The number of amides is 1. The zero-order valence-electron chi connectivity index (χ0n) is 16.4. The number of carbonyl (C=O) groups excluding carboxylic acids is 2. The van der Waals surface area contributed by atoms with Gasteiger partial charge in [0.05, 0.1) is 11.4 Å². The van der Waals surface area contributed by atoms with Crippen molar-refractivity contribution in [3.05, 3.63) is 64.1 Å². The SMILES string of the molecule is C[C@@H](NC(=O)COC(=O)c1nn(C)c(=O)c2ccccc12)c1ccc2c(c1)OCO2. The van der Waals surface area contributed by atoms with Crippen LogP contribution < -0.4 is 20.3 Å². The summed E-state index contributed by atoms with van der Waals surface area (Å²) in [5.41, 5.74) is 0.478. The summed E-state index contributed by atoms with van der Waals surface area (Å²) < 4.78 is 16.8. The van der Waals surface area contributed by atoms with Gasteiger partial charge >= 0.3 is 5.97 Å². The molecule has 0 fully saturated rings. The first-order valence-electron chi connectivity index (χ1n) is 9.26. The van der Waals surface area contributed by atoms with Crippen molar-refractivity contribution in [1.29, 1.82) is 0 Å². The lowest BCUT2D eigenvalue weighted by atomic mass is 10.1. The third-order valence-electron chi connectivity index (χ3n) is 4.76. The van der Waals surface area contributed by atoms with Gasteiger partial charge in [-0.2, -0.15) is 5.10 Å². The van der Waals surface area contributed by atoms with E-state index in [1.807, 2.05) is 6.07 Å². The second-order valence-corrected chi connectivity index (χ2v) is 6.80. The van der Waals surface area contributed by atoms with Crippen molar-refractivity contribution in [1.82, 2.24) is 15.1 Å². The summed E-state index contributed by atoms with van der Waals surface area (Å²) in [4.78, 5) is 36.9. The van der Waals surface area contributed by atoms with Crippen molar-refractivity contribution in [3.63, 3.8) is 0 Å². The highest BCUT2D eigenvalue weighted by molar-refractivity contribution is 6.02. The molecule has 0 saturated heterocycles. The second-order valence-electron chi connectivity index (χ2n) is 6.80. The lowest BCUT2D eigenvalue weighted by molar-refractivity contribution is -0.124. The van der Waals surface area contributed by atoms with E-state index < -0.39 is 18.5 Å². The van der Waals surface area contributed by atoms with Crippen molar-refractivity contribution < 1.29 is 23.8 Å². The molecule has 1 atom stereocenters. The molecule has 9 nitrogen and oxygen atoms in total. The van der Waals surface area contributed by atoms with Gasteiger partial charge in [-0.25, -0.2) is 9.48 Å². The van der Waals surface area contributed by atoms with Crippen LogP contribution in [0, 0.1) is 0 Å². The van der Waals surface area contributed by atoms with Crippen molar-refractivity contribution in [2.45, 2.75) is 13.0 Å². The van der Waals surface area contributed by atoms with Crippen molar-refractivity contribution in [2.24, 2.45) is 7.05 Å². The van der Waals surface area contributed by atoms with E-state index in [0.29, 0.717) is 22.3 Å². The van der Waals surface area contributed by atoms with E-state index >= 15 is 0 Å². The Kier molecular flexibility index (Phi) is 5.09. The van der Waals surface area contributed by atoms with E-state index in [0.717, 1.165) is 10.2 Å². The zero-order valence-corrected chi connectivity index (χ0v) is 16.4. The molecule has 2 aromatic carbocycles. The van der Waals surface area contributed by atoms with Crippen LogP contribution in [0.1, 0.15) is 29.0 Å². The molecule has 1 N–H and O–H groups in total. The molecule has 0 unspecified atom stereocenters. The van der Waals surface area contributed by atoms with Crippen LogP contribution in [0.15, 0.2) is 47.3 Å². The van der Waals surface area contributed by atoms with Crippen LogP contribution in [-0.2, 0) is 16.6 Å². The predicted octanol–water partition coefficient (Wildman–Crippen LogP) is 1.70. The summed E-state index contributed by atoms with van der Waals surface area (Å²) in [6.07, 6.45) is 0. The molecule has 0 radical (unpaired) electrons. The first-order valence-corrected chi connectivity index (χ1v) is 9.26. The Balaban J connectivity index is 1.42. The molecule has 1 aromatic heterocycles. The summed E-state index contributed by atoms with van der Waals surface area (Å²) in [5, 5.41) is 7.48. The lowest BCUT2D eigenvalue weighted by Crippen LogP contribution is -2.31. The highest BCUT2D eigenvalue weighted by atomic mass is 16.7. The molecule has 3 aromatic rings. The van der Waals surface area contributed by atoms with Crippen molar-refractivity contribution in [2.75, 3.05) is 13.4 Å². The second kappa shape index (κ2) is 7.86. The molecule has 0 spiro atoms. The third-order valence-corrected chi connectivity index (χ3v) is 4.76. The summed E-state index contributed by atoms with van der Waals surface area (Å²) in [7, 11) is 1.45. The van der Waals surface area contributed by atoms with Crippen LogP contribution in [0.2, 0.25) is 0 Å². The number of rotatable bonds is 5. The Hall–Kier alpha value is -3.88. The monoisotopic (exact) mass is 409 g/mol. The van der Waals surface area contributed by atoms with Crippen LogP contribution in [0.25, 0.3) is 10.8 Å². The standard InChI is InChI=1S/C21H19N3O6/c1-12(13-7-8-16-17(9-13)30-11-29-16)22-18(25)10-28-21(27)19-14-5-3-4-6-15(14)20(26)24(2)23-19/h3-9,12H,10-11H2,1-2H3,(H,22,25)/t12-/m1/s1. The molecule has 30 heavy (non-hydrogen) atoms. The van der Waals surface area contributed by atoms with Gasteiger partial charge in [-0.05, 0) is 30.7 Å². The maximum absolute atomic E-state index is 12.5. The van der Waals surface area contributed by atoms with Crippen LogP contribution in [0.4, 0.5) is 0 Å². The van der Waals surface area contributed by atoms with E-state index in [1.54, 1.807) is 43.3 Å². The van der Waals surface area contributed by atoms with Crippen LogP contribution in [0.5, 0.6) is 11.5 Å². The number of nitrogens with one attached hydrogen (secondary N) is 1. The first kappa shape index (κ1) is 19.4. The molecule has 2 heterocycles. The number of nitrogens with zero attached hydrogens (tertiary/aromatic N) is 2. The highest BCUT2D eigenvalue weighted by Crippen LogP contribution is 2.34. The van der Waals surface area contributed by atoms with E-state index in [9.17, 15) is 14.4 Å². The fourth-order valence-corrected chi connectivity index (χ4v) is 3.20. The van der Waals surface area contributed by atoms with Gasteiger partial charge in [0, 0.05) is 12.4 Å². The van der Waals surface area contributed by atoms with Gasteiger partial charge in [-0.15, -0.1) is 0 Å². The molecule has 0 bridgehead atoms. The smallest absolute Gasteiger partial charge is 0.359 e. The van der Waals surface area contributed by atoms with Gasteiger partial charge in [0.15, 0.2) is 23.8 Å². The van der Waals surface area contributed by atoms with Gasteiger partial charge in [-0.3, -0.25) is 9.59 Å². The average molecular weight is 409 g/mol. The lowest BCUT2D eigenvalue weighted by Gasteiger charge is -2.15. The van der Waals surface area contributed by atoms with Gasteiger partial charge in [-0.1, -0.05) is 24.3 Å². The first-order chi connectivity index (χ1) is 14.4. The van der Waals surface area contributed by atoms with Gasteiger partial charge in [0.1, 0.15) is 0 Å². The fraction of sp³-hybridized carbons (Fsp3) is 0.238. The number of carbonyl (C=O) groups is 2. The Bertz CT molecular complexity index is 1200. The number of hydrogen-bond donors (Lipinski definition) is 1. The molecule has 0 saturated carbocycles. The molecule has 1 aliphatic heterocycles. The van der Waals surface area contributed by atoms with Crippen LogP contribution >= 0.6 is 0 Å². The Morgan fingerprint density at radius 2 is 1.90 bits per heavy atom. The molecule has 1 amide bonds. The number of fused-ring (bicyclic) bond motifs is 2. The number of hydrogen-bond acceptors (Lipinski definition) is 7. The van der Waals surface area contributed by atoms with E-state index in [-0.39, 0.29) is 24.1 Å². The number of benzene rings is 2. The summed E-state index contributed by atoms with van der Waals surface area (Å²) in [6, 6.07) is 11.7. The average Bonchev–Trinajstić information content (AvgIpc) is 3.22. The predicted molar refractivity (Wildman–Crippen MR) is 106 cm³/mol. The van der Waals surface area contributed by atoms with E-state index in [1.165, 1.54) is 7.05 Å². The highest BCUT2D eigenvalue weighted by Gasteiger charge is 2.20. The van der Waals surface area contributed by atoms with Crippen molar-refractivity contribution >= 4 is 22.6 Å². The maximum Gasteiger partial charge on any atom is 0.359 e. The largest absolute Gasteiger partial charge is 0.454 e. The zero-order chi connectivity index (χ0) is 21.3. The molecule has 9 heteroatoms. The molecular formula is C21H19N3O6. The van der Waals surface area contributed by atoms with Crippen molar-refractivity contribution in [3.8, 4) is 11.5 Å². The molecule has 0 aliphatic carbocycles. The number of ether oxygens (including phenoxy) is 3. The summed E-state index contributed by atoms with van der Waals surface area (Å²) in [6.45, 7) is 1.50. The molecular weight excluding hydrogens is 390 g/mol. The van der Waals surface area contributed by atoms with Gasteiger partial charge < -0.3 is 19.5 Å². The quantitative estimate of drug-likeness (QED) is 0.639. The Morgan fingerprint density at radius 3 is 2.70 bits per heavy atom. The van der Waals surface area contributed by atoms with Crippen LogP contribution in [0.3, 0.4) is 0 Å². The summed E-state index contributed by atoms with van der Waals surface area (Å²) >= 11 is 0. The van der Waals surface area contributed by atoms with Gasteiger partial charge in [0.2, 0.25) is 6.79 Å². The minimum Gasteiger partial charge on any atom is -0.454 e. The van der Waals surface area contributed by atoms with Gasteiger partial charge in [0.25, 0.3) is 11.5 Å². The fourth-order valence-electron chi connectivity index (χ4n) is 3.20. The number of aryl methyl sites for hydroxylation is 1. The van der Waals surface area contributed by atoms with E-state index in [2.05, 4.69) is 10.4 Å². The Labute approximate surface area is 171 Å². The Morgan fingerprint density at radius 1 is 1.17 bits per heavy atom. The minimum atomic E-state index is -0.785. The molecule has 1 aliphatic rings. The third kappa shape index (κ3) is 3.69. The van der Waals surface area contributed by atoms with E-state index in [4.69, 9.17) is 14.2 Å². The number of aromatic nitrogens is 2. The minimum absolute atomic E-state index is 0.0238. The summed E-state index contributed by atoms with van der Waals surface area (Å²) in [5.74, 6) is 0.0196. The molecule has 4 rings (SSSR count). The topological polar surface area (TPSA) is 109 Å². The molecule has 154 valence electrons. The van der Waals surface area contributed by atoms with Crippen LogP contribution in [-0.4, -0.2) is 35.1 Å². The normalized spacial score (nSPS) is 13.1. The number of esters is 1. The maximum atomic E-state index is 12.5.